The molecule has 0 aliphatic carbocycles. The number of anilines is 1. The maximum atomic E-state index is 13.7. The Hall–Kier alpha value is -2.40. The van der Waals surface area contributed by atoms with Gasteiger partial charge in [0.05, 0.1) is 11.3 Å². The van der Waals surface area contributed by atoms with Crippen molar-refractivity contribution in [3.8, 4) is 0 Å². The third-order valence-corrected chi connectivity index (χ3v) is 3.64. The maximum Gasteiger partial charge on any atom is 0.253 e. The van der Waals surface area contributed by atoms with Crippen molar-refractivity contribution in [3.63, 3.8) is 0 Å². The zero-order valence-corrected chi connectivity index (χ0v) is 11.4. The Labute approximate surface area is 122 Å². The van der Waals surface area contributed by atoms with Gasteiger partial charge in [-0.05, 0) is 28.8 Å². The van der Waals surface area contributed by atoms with Gasteiger partial charge in [-0.2, -0.15) is 0 Å². The van der Waals surface area contributed by atoms with Gasteiger partial charge < -0.3 is 16.4 Å². The molecule has 4 nitrogen and oxygen atoms in total. The van der Waals surface area contributed by atoms with Crippen molar-refractivity contribution >= 4 is 11.6 Å². The summed E-state index contributed by atoms with van der Waals surface area (Å²) in [6.07, 6.45) is 0. The molecule has 1 aliphatic heterocycles. The summed E-state index contributed by atoms with van der Waals surface area (Å²) in [5, 5.41) is 6.37. The van der Waals surface area contributed by atoms with E-state index in [0.29, 0.717) is 12.2 Å². The van der Waals surface area contributed by atoms with Crippen LogP contribution < -0.4 is 16.4 Å². The van der Waals surface area contributed by atoms with Gasteiger partial charge >= 0.3 is 0 Å². The molecule has 108 valence electrons. The molecule has 0 radical (unpaired) electrons. The van der Waals surface area contributed by atoms with Crippen LogP contribution in [0.5, 0.6) is 0 Å². The number of nitrogens with two attached hydrogens (primary N) is 1. The first kappa shape index (κ1) is 13.6. The highest BCUT2D eigenvalue weighted by molar-refractivity contribution is 5.98. The molecule has 4 N–H and O–H groups in total. The molecular weight excluding hydrogens is 269 g/mol. The number of nitrogens with one attached hydrogen (secondary N) is 2. The molecule has 0 fully saturated rings. The van der Waals surface area contributed by atoms with Crippen LogP contribution in [-0.2, 0) is 19.6 Å². The second-order valence-corrected chi connectivity index (χ2v) is 5.09. The summed E-state index contributed by atoms with van der Waals surface area (Å²) in [7, 11) is 0. The monoisotopic (exact) mass is 285 g/mol. The lowest BCUT2D eigenvalue weighted by atomic mass is 10.1. The Bertz CT molecular complexity index is 700. The summed E-state index contributed by atoms with van der Waals surface area (Å²) in [6.45, 7) is 2.28. The van der Waals surface area contributed by atoms with Crippen LogP contribution in [0.1, 0.15) is 27.0 Å². The Morgan fingerprint density at radius 1 is 1.24 bits per heavy atom. The van der Waals surface area contributed by atoms with Crippen LogP contribution in [0.2, 0.25) is 0 Å². The number of benzene rings is 2. The lowest BCUT2D eigenvalue weighted by Crippen LogP contribution is -2.16. The van der Waals surface area contributed by atoms with Crippen molar-refractivity contribution < 1.29 is 9.18 Å². The second kappa shape index (κ2) is 5.54. The van der Waals surface area contributed by atoms with Gasteiger partial charge in [-0.1, -0.05) is 24.3 Å². The highest BCUT2D eigenvalue weighted by Crippen LogP contribution is 2.21. The highest BCUT2D eigenvalue weighted by atomic mass is 19.1. The van der Waals surface area contributed by atoms with Gasteiger partial charge in [0.1, 0.15) is 5.82 Å². The first-order valence-corrected chi connectivity index (χ1v) is 6.79. The van der Waals surface area contributed by atoms with Gasteiger partial charge in [-0.15, -0.1) is 0 Å². The van der Waals surface area contributed by atoms with Crippen LogP contribution in [-0.4, -0.2) is 5.91 Å². The van der Waals surface area contributed by atoms with E-state index < -0.39 is 11.7 Å². The standard InChI is InChI=1S/C16H16FN3O/c17-13-2-1-3-14(15(13)16(18)21)20-7-10-4-5-11-8-19-9-12(11)6-10/h1-6,19-20H,7-9H2,(H2,18,21). The van der Waals surface area contributed by atoms with Crippen molar-refractivity contribution in [2.24, 2.45) is 5.73 Å². The van der Waals surface area contributed by atoms with Crippen molar-refractivity contribution in [2.45, 2.75) is 19.6 Å². The van der Waals surface area contributed by atoms with Crippen LogP contribution in [0, 0.1) is 5.82 Å². The smallest absolute Gasteiger partial charge is 0.253 e. The fourth-order valence-electron chi connectivity index (χ4n) is 2.58. The number of fused-ring (bicyclic) bond motifs is 1. The van der Waals surface area contributed by atoms with E-state index in [4.69, 9.17) is 5.73 Å². The molecule has 21 heavy (non-hydrogen) atoms. The van der Waals surface area contributed by atoms with E-state index in [0.717, 1.165) is 18.7 Å². The Balaban J connectivity index is 1.79. The number of primary amides is 1. The SMILES string of the molecule is NC(=O)c1c(F)cccc1NCc1ccc2c(c1)CNC2. The topological polar surface area (TPSA) is 67.2 Å². The van der Waals surface area contributed by atoms with Gasteiger partial charge in [-0.25, -0.2) is 4.39 Å². The largest absolute Gasteiger partial charge is 0.380 e. The van der Waals surface area contributed by atoms with Gasteiger partial charge in [-0.3, -0.25) is 4.79 Å². The van der Waals surface area contributed by atoms with E-state index in [9.17, 15) is 9.18 Å². The van der Waals surface area contributed by atoms with Crippen LogP contribution in [0.3, 0.4) is 0 Å². The number of amides is 1. The number of hydrogen-bond acceptors (Lipinski definition) is 3. The lowest BCUT2D eigenvalue weighted by molar-refractivity contribution is 0.0997. The summed E-state index contributed by atoms with van der Waals surface area (Å²) >= 11 is 0. The van der Waals surface area contributed by atoms with Crippen LogP contribution in [0.15, 0.2) is 36.4 Å². The Kier molecular flexibility index (Phi) is 3.58. The molecule has 5 heteroatoms. The molecule has 0 saturated heterocycles. The van der Waals surface area contributed by atoms with Gasteiger partial charge in [0.25, 0.3) is 5.91 Å². The number of carbonyl (C=O) groups is 1. The molecule has 3 rings (SSSR count). The second-order valence-electron chi connectivity index (χ2n) is 5.09. The number of hydrogen-bond donors (Lipinski definition) is 3. The van der Waals surface area contributed by atoms with Crippen molar-refractivity contribution in [1.29, 1.82) is 0 Å². The molecule has 0 atom stereocenters. The molecule has 2 aromatic rings. The highest BCUT2D eigenvalue weighted by Gasteiger charge is 2.14. The first-order chi connectivity index (χ1) is 10.1. The van der Waals surface area contributed by atoms with E-state index in [-0.39, 0.29) is 5.56 Å². The summed E-state index contributed by atoms with van der Waals surface area (Å²) in [6, 6.07) is 10.7. The Morgan fingerprint density at radius 3 is 2.86 bits per heavy atom. The first-order valence-electron chi connectivity index (χ1n) is 6.79. The maximum absolute atomic E-state index is 13.7. The van der Waals surface area contributed by atoms with Gasteiger partial charge in [0.15, 0.2) is 0 Å². The van der Waals surface area contributed by atoms with Crippen molar-refractivity contribution in [3.05, 3.63) is 64.5 Å². The normalized spacial score (nSPS) is 13.0. The third kappa shape index (κ3) is 2.73. The molecular formula is C16H16FN3O. The minimum absolute atomic E-state index is 0.0969. The quantitative estimate of drug-likeness (QED) is 0.806. The van der Waals surface area contributed by atoms with Crippen LogP contribution in [0.25, 0.3) is 0 Å². The zero-order chi connectivity index (χ0) is 14.8. The van der Waals surface area contributed by atoms with E-state index in [2.05, 4.69) is 22.8 Å². The summed E-state index contributed by atoms with van der Waals surface area (Å²) < 4.78 is 13.7. The van der Waals surface area contributed by atoms with E-state index >= 15 is 0 Å². The number of carbonyl (C=O) groups excluding carboxylic acids is 1. The fourth-order valence-corrected chi connectivity index (χ4v) is 2.58. The average Bonchev–Trinajstić information content (AvgIpc) is 2.92. The average molecular weight is 285 g/mol. The molecule has 0 unspecified atom stereocenters. The molecule has 1 aliphatic rings. The predicted molar refractivity (Wildman–Crippen MR) is 79.2 cm³/mol. The molecule has 0 bridgehead atoms. The van der Waals surface area contributed by atoms with E-state index in [1.807, 2.05) is 6.07 Å². The summed E-state index contributed by atoms with van der Waals surface area (Å²) in [4.78, 5) is 11.3. The Morgan fingerprint density at radius 2 is 2.05 bits per heavy atom. The third-order valence-electron chi connectivity index (χ3n) is 3.64. The van der Waals surface area contributed by atoms with E-state index in [1.54, 1.807) is 12.1 Å². The number of halogens is 1. The van der Waals surface area contributed by atoms with Crippen LogP contribution in [0.4, 0.5) is 10.1 Å². The summed E-state index contributed by atoms with van der Waals surface area (Å²) in [5.41, 5.74) is 9.22. The lowest BCUT2D eigenvalue weighted by Gasteiger charge is -2.11. The predicted octanol–water partition coefficient (Wildman–Crippen LogP) is 2.14. The molecule has 1 amide bonds. The van der Waals surface area contributed by atoms with E-state index in [1.165, 1.54) is 17.2 Å². The fraction of sp³-hybridized carbons (Fsp3) is 0.188. The minimum Gasteiger partial charge on any atom is -0.380 e. The number of rotatable bonds is 4. The van der Waals surface area contributed by atoms with Crippen molar-refractivity contribution in [1.82, 2.24) is 5.32 Å². The van der Waals surface area contributed by atoms with Gasteiger partial charge in [0.2, 0.25) is 0 Å². The molecule has 1 heterocycles. The van der Waals surface area contributed by atoms with Crippen LogP contribution >= 0.6 is 0 Å². The molecule has 0 spiro atoms. The summed E-state index contributed by atoms with van der Waals surface area (Å²) in [5.74, 6) is -1.38. The minimum atomic E-state index is -0.770. The molecule has 2 aromatic carbocycles. The van der Waals surface area contributed by atoms with Crippen molar-refractivity contribution in [2.75, 3.05) is 5.32 Å². The molecule has 0 aromatic heterocycles. The zero-order valence-electron chi connectivity index (χ0n) is 11.4. The van der Waals surface area contributed by atoms with Gasteiger partial charge in [0, 0.05) is 19.6 Å². The molecule has 0 saturated carbocycles.